The van der Waals surface area contributed by atoms with Gasteiger partial charge in [0.05, 0.1) is 0 Å². The van der Waals surface area contributed by atoms with E-state index in [-0.39, 0.29) is 0 Å². The van der Waals surface area contributed by atoms with E-state index < -0.39 is 0 Å². The summed E-state index contributed by atoms with van der Waals surface area (Å²) in [6.07, 6.45) is 6.67. The number of nitrogens with one attached hydrogen (secondary N) is 2. The Balaban J connectivity index is 1.54. The molecular weight excluding hydrogens is 228 g/mol. The molecule has 1 aromatic rings. The Labute approximate surface area is 109 Å². The van der Waals surface area contributed by atoms with Crippen LogP contribution >= 0.6 is 11.3 Å². The number of hydrogen-bond donors (Lipinski definition) is 2. The lowest BCUT2D eigenvalue weighted by atomic mass is 9.86. The summed E-state index contributed by atoms with van der Waals surface area (Å²) in [4.78, 5) is 1.50. The van der Waals surface area contributed by atoms with Crippen molar-refractivity contribution in [2.75, 3.05) is 20.1 Å². The van der Waals surface area contributed by atoms with Crippen LogP contribution in [0.2, 0.25) is 0 Å². The third-order valence-corrected chi connectivity index (χ3v) is 4.75. The molecule has 17 heavy (non-hydrogen) atoms. The van der Waals surface area contributed by atoms with Gasteiger partial charge >= 0.3 is 0 Å². The fourth-order valence-electron chi connectivity index (χ4n) is 2.63. The minimum Gasteiger partial charge on any atom is -0.317 e. The molecule has 96 valence electrons. The Morgan fingerprint density at radius 3 is 2.76 bits per heavy atom. The highest BCUT2D eigenvalue weighted by atomic mass is 32.1. The van der Waals surface area contributed by atoms with Crippen molar-refractivity contribution in [1.82, 2.24) is 10.6 Å². The average molecular weight is 252 g/mol. The predicted octanol–water partition coefficient (Wildman–Crippen LogP) is 2.66. The molecule has 0 atom stereocenters. The second kappa shape index (κ2) is 7.14. The third-order valence-electron chi connectivity index (χ3n) is 3.82. The van der Waals surface area contributed by atoms with Gasteiger partial charge in [-0.3, -0.25) is 0 Å². The van der Waals surface area contributed by atoms with Crippen molar-refractivity contribution in [2.24, 2.45) is 5.92 Å². The molecule has 2 nitrogen and oxygen atoms in total. The molecule has 1 aliphatic rings. The first-order valence-corrected chi connectivity index (χ1v) is 7.67. The van der Waals surface area contributed by atoms with E-state index in [2.05, 4.69) is 35.2 Å². The summed E-state index contributed by atoms with van der Waals surface area (Å²) in [5, 5.41) is 9.16. The molecule has 0 aliphatic heterocycles. The number of thiophene rings is 1. The highest BCUT2D eigenvalue weighted by Gasteiger charge is 2.19. The fourth-order valence-corrected chi connectivity index (χ4v) is 3.34. The monoisotopic (exact) mass is 252 g/mol. The second-order valence-corrected chi connectivity index (χ2v) is 6.07. The molecule has 1 fully saturated rings. The van der Waals surface area contributed by atoms with Crippen molar-refractivity contribution in [1.29, 1.82) is 0 Å². The van der Waals surface area contributed by atoms with E-state index in [4.69, 9.17) is 0 Å². The van der Waals surface area contributed by atoms with Crippen LogP contribution in [0.5, 0.6) is 0 Å². The summed E-state index contributed by atoms with van der Waals surface area (Å²) in [5.41, 5.74) is 0. The van der Waals surface area contributed by atoms with Crippen LogP contribution in [-0.2, 0) is 6.42 Å². The van der Waals surface area contributed by atoms with Gasteiger partial charge in [-0.05, 0) is 69.6 Å². The minimum atomic E-state index is 0.775. The van der Waals surface area contributed by atoms with Gasteiger partial charge in [0.15, 0.2) is 0 Å². The highest BCUT2D eigenvalue weighted by molar-refractivity contribution is 7.09. The summed E-state index contributed by atoms with van der Waals surface area (Å²) in [5.74, 6) is 0.905. The summed E-state index contributed by atoms with van der Waals surface area (Å²) in [7, 11) is 2.09. The zero-order valence-corrected chi connectivity index (χ0v) is 11.6. The molecule has 0 saturated heterocycles. The summed E-state index contributed by atoms with van der Waals surface area (Å²) in [6.45, 7) is 2.34. The lowest BCUT2D eigenvalue weighted by Gasteiger charge is -2.28. The molecule has 0 amide bonds. The average Bonchev–Trinajstić information content (AvgIpc) is 2.88. The van der Waals surface area contributed by atoms with Crippen LogP contribution in [0.15, 0.2) is 17.5 Å². The molecule has 1 aliphatic carbocycles. The van der Waals surface area contributed by atoms with Crippen LogP contribution in [0.1, 0.15) is 30.6 Å². The van der Waals surface area contributed by atoms with Crippen LogP contribution in [0.4, 0.5) is 0 Å². The maximum absolute atomic E-state index is 3.61. The molecular formula is C14H24N2S. The molecule has 0 radical (unpaired) electrons. The van der Waals surface area contributed by atoms with Gasteiger partial charge in [-0.2, -0.15) is 0 Å². The Morgan fingerprint density at radius 1 is 1.29 bits per heavy atom. The topological polar surface area (TPSA) is 24.1 Å². The van der Waals surface area contributed by atoms with Crippen LogP contribution in [0.25, 0.3) is 0 Å². The molecule has 0 bridgehead atoms. The lowest BCUT2D eigenvalue weighted by molar-refractivity contribution is 0.293. The SMILES string of the molecule is CNC1CCC(CNCCc2cccs2)CC1. The molecule has 0 spiro atoms. The number of rotatable bonds is 6. The van der Waals surface area contributed by atoms with Crippen LogP contribution < -0.4 is 10.6 Å². The smallest absolute Gasteiger partial charge is 0.00642 e. The summed E-state index contributed by atoms with van der Waals surface area (Å²) >= 11 is 1.86. The van der Waals surface area contributed by atoms with E-state index in [1.165, 1.54) is 43.5 Å². The van der Waals surface area contributed by atoms with Crippen LogP contribution in [0.3, 0.4) is 0 Å². The van der Waals surface area contributed by atoms with Crippen molar-refractivity contribution in [3.8, 4) is 0 Å². The Bertz CT molecular complexity index is 289. The Kier molecular flexibility index (Phi) is 5.49. The van der Waals surface area contributed by atoms with E-state index in [9.17, 15) is 0 Å². The van der Waals surface area contributed by atoms with Crippen LogP contribution in [0, 0.1) is 5.92 Å². The minimum absolute atomic E-state index is 0.775. The van der Waals surface area contributed by atoms with Crippen LogP contribution in [-0.4, -0.2) is 26.2 Å². The largest absolute Gasteiger partial charge is 0.317 e. The summed E-state index contributed by atoms with van der Waals surface area (Å²) in [6, 6.07) is 5.14. The first-order valence-electron chi connectivity index (χ1n) is 6.79. The molecule has 0 unspecified atom stereocenters. The maximum Gasteiger partial charge on any atom is 0.00642 e. The van der Waals surface area contributed by atoms with Gasteiger partial charge in [-0.15, -0.1) is 11.3 Å². The molecule has 0 aromatic carbocycles. The summed E-state index contributed by atoms with van der Waals surface area (Å²) < 4.78 is 0. The standard InChI is InChI=1S/C14H24N2S/c1-15-13-6-4-12(5-7-13)11-16-9-8-14-3-2-10-17-14/h2-3,10,12-13,15-16H,4-9,11H2,1H3. The lowest BCUT2D eigenvalue weighted by Crippen LogP contribution is -2.34. The third kappa shape index (κ3) is 4.41. The number of hydrogen-bond acceptors (Lipinski definition) is 3. The van der Waals surface area contributed by atoms with Crippen molar-refractivity contribution in [3.05, 3.63) is 22.4 Å². The first-order chi connectivity index (χ1) is 8.38. The Hall–Kier alpha value is -0.380. The van der Waals surface area contributed by atoms with Gasteiger partial charge in [-0.1, -0.05) is 6.07 Å². The second-order valence-electron chi connectivity index (χ2n) is 5.04. The van der Waals surface area contributed by atoms with Gasteiger partial charge in [0.25, 0.3) is 0 Å². The quantitative estimate of drug-likeness (QED) is 0.761. The fraction of sp³-hybridized carbons (Fsp3) is 0.714. The molecule has 1 saturated carbocycles. The Morgan fingerprint density at radius 2 is 2.12 bits per heavy atom. The van der Waals surface area contributed by atoms with Crippen molar-refractivity contribution >= 4 is 11.3 Å². The normalized spacial score (nSPS) is 25.0. The van der Waals surface area contributed by atoms with Crippen molar-refractivity contribution < 1.29 is 0 Å². The van der Waals surface area contributed by atoms with E-state index in [0.29, 0.717) is 0 Å². The molecule has 1 aromatic heterocycles. The van der Waals surface area contributed by atoms with E-state index in [0.717, 1.165) is 18.5 Å². The predicted molar refractivity (Wildman–Crippen MR) is 75.7 cm³/mol. The first kappa shape index (κ1) is 13.1. The van der Waals surface area contributed by atoms with E-state index in [1.807, 2.05) is 11.3 Å². The van der Waals surface area contributed by atoms with Gasteiger partial charge in [0.1, 0.15) is 0 Å². The van der Waals surface area contributed by atoms with Gasteiger partial charge < -0.3 is 10.6 Å². The molecule has 3 heteroatoms. The molecule has 1 heterocycles. The van der Waals surface area contributed by atoms with E-state index >= 15 is 0 Å². The zero-order chi connectivity index (χ0) is 11.9. The molecule has 2 rings (SSSR count). The highest BCUT2D eigenvalue weighted by Crippen LogP contribution is 2.23. The van der Waals surface area contributed by atoms with Crippen molar-refractivity contribution in [2.45, 2.75) is 38.1 Å². The van der Waals surface area contributed by atoms with Gasteiger partial charge in [0, 0.05) is 10.9 Å². The molecule has 2 N–H and O–H groups in total. The maximum atomic E-state index is 3.61. The van der Waals surface area contributed by atoms with Gasteiger partial charge in [0.2, 0.25) is 0 Å². The van der Waals surface area contributed by atoms with Crippen molar-refractivity contribution in [3.63, 3.8) is 0 Å². The van der Waals surface area contributed by atoms with E-state index in [1.54, 1.807) is 0 Å². The zero-order valence-electron chi connectivity index (χ0n) is 10.7. The van der Waals surface area contributed by atoms with Gasteiger partial charge in [-0.25, -0.2) is 0 Å².